The van der Waals surface area contributed by atoms with Crippen LogP contribution in [0.5, 0.6) is 0 Å². The first-order valence-electron chi connectivity index (χ1n) is 18.9. The van der Waals surface area contributed by atoms with Gasteiger partial charge in [-0.3, -0.25) is 0 Å². The average Bonchev–Trinajstić information content (AvgIpc) is 4.04. The summed E-state index contributed by atoms with van der Waals surface area (Å²) in [6.07, 6.45) is 0. The van der Waals surface area contributed by atoms with Crippen LogP contribution < -0.4 is 0 Å². The van der Waals surface area contributed by atoms with Crippen molar-refractivity contribution in [2.75, 3.05) is 13.2 Å². The zero-order valence-corrected chi connectivity index (χ0v) is 40.4. The standard InChI is InChI=1S/C47H36O4S9/c1-24(2)46(48)50-19-20-51-47(49)39-18-17-35(57-39)34-15-16-36(56-34)41-22-31(40-21-29(32-11-7-25(3)52-32)43(58-40)37-13-9-27(5)54-37)45(59-41)42-23-30(33-12-8-26(4)53-33)44(60-42)38-14-10-28(6)55-38/h7-18,21-23H,1,19-20H2,2-6H3. The molecule has 0 saturated heterocycles. The number of hydrogen-bond acceptors (Lipinski definition) is 13. The van der Waals surface area contributed by atoms with Crippen LogP contribution >= 0.6 is 102 Å². The number of rotatable bonds is 13. The van der Waals surface area contributed by atoms with Gasteiger partial charge in [-0.15, -0.1) is 102 Å². The van der Waals surface area contributed by atoms with Crippen LogP contribution in [0.1, 0.15) is 36.1 Å². The average molecular weight is 953 g/mol. The van der Waals surface area contributed by atoms with E-state index in [0.717, 1.165) is 9.75 Å². The zero-order valence-electron chi connectivity index (χ0n) is 33.1. The minimum absolute atomic E-state index is 0.0141. The molecule has 9 aromatic rings. The number of ether oxygens (including phenoxy) is 2. The summed E-state index contributed by atoms with van der Waals surface area (Å²) in [6, 6.07) is 33.4. The minimum atomic E-state index is -0.499. The molecule has 0 fully saturated rings. The van der Waals surface area contributed by atoms with Gasteiger partial charge in [0.25, 0.3) is 0 Å². The highest BCUT2D eigenvalue weighted by atomic mass is 32.1. The molecular formula is C47H36O4S9. The molecule has 0 N–H and O–H groups in total. The molecular weight excluding hydrogens is 917 g/mol. The highest BCUT2D eigenvalue weighted by Gasteiger charge is 2.25. The second-order valence-corrected chi connectivity index (χ2v) is 24.6. The van der Waals surface area contributed by atoms with Crippen molar-refractivity contribution in [2.24, 2.45) is 0 Å². The van der Waals surface area contributed by atoms with E-state index in [4.69, 9.17) is 9.47 Å². The van der Waals surface area contributed by atoms with Crippen LogP contribution in [0.25, 0.3) is 80.1 Å². The van der Waals surface area contributed by atoms with Gasteiger partial charge in [0.2, 0.25) is 0 Å². The maximum absolute atomic E-state index is 12.9. The van der Waals surface area contributed by atoms with Gasteiger partial charge in [-0.2, -0.15) is 0 Å². The lowest BCUT2D eigenvalue weighted by molar-refractivity contribution is -0.140. The first-order valence-corrected chi connectivity index (χ1v) is 26.2. The zero-order chi connectivity index (χ0) is 41.7. The molecule has 0 aliphatic rings. The number of thiophene rings is 9. The van der Waals surface area contributed by atoms with E-state index in [2.05, 4.69) is 113 Å². The van der Waals surface area contributed by atoms with Crippen LogP contribution in [0.15, 0.2) is 103 Å². The number of carbonyl (C=O) groups is 2. The molecule has 13 heteroatoms. The van der Waals surface area contributed by atoms with Crippen LogP contribution in [-0.4, -0.2) is 25.2 Å². The summed E-state index contributed by atoms with van der Waals surface area (Å²) in [6.45, 7) is 13.9. The van der Waals surface area contributed by atoms with Crippen molar-refractivity contribution < 1.29 is 19.1 Å². The molecule has 60 heavy (non-hydrogen) atoms. The Labute approximate surface area is 385 Å². The highest BCUT2D eigenvalue weighted by Crippen LogP contribution is 2.55. The largest absolute Gasteiger partial charge is 0.459 e. The van der Waals surface area contributed by atoms with Gasteiger partial charge in [0.15, 0.2) is 0 Å². The molecule has 9 aromatic heterocycles. The Kier molecular flexibility index (Phi) is 12.0. The van der Waals surface area contributed by atoms with E-state index in [9.17, 15) is 9.59 Å². The molecule has 0 spiro atoms. The summed E-state index contributed by atoms with van der Waals surface area (Å²) >= 11 is 16.2. The third-order valence-corrected chi connectivity index (χ3v) is 20.0. The predicted octanol–water partition coefficient (Wildman–Crippen LogP) is 17.1. The molecule has 0 saturated carbocycles. The van der Waals surface area contributed by atoms with Gasteiger partial charge < -0.3 is 9.47 Å². The van der Waals surface area contributed by atoms with Crippen LogP contribution in [-0.2, 0) is 14.3 Å². The fourth-order valence-electron chi connectivity index (χ4n) is 6.55. The lowest BCUT2D eigenvalue weighted by Crippen LogP contribution is -2.13. The monoisotopic (exact) mass is 952 g/mol. The molecule has 0 aromatic carbocycles. The fraction of sp³-hybridized carbons (Fsp3) is 0.149. The Morgan fingerprint density at radius 2 is 0.833 bits per heavy atom. The predicted molar refractivity (Wildman–Crippen MR) is 266 cm³/mol. The molecule has 4 nitrogen and oxygen atoms in total. The summed E-state index contributed by atoms with van der Waals surface area (Å²) in [5, 5.41) is 0. The van der Waals surface area contributed by atoms with E-state index in [1.54, 1.807) is 24.3 Å². The fourth-order valence-corrected chi connectivity index (χ4v) is 16.2. The SMILES string of the molecule is C=C(C)C(=O)OCCOC(=O)c1ccc(-c2ccc(-c3cc(-c4cc(-c5ccc(C)s5)c(-c5ccc(C)s5)s4)c(-c4cc(-c5ccc(C)s5)c(-c5ccc(C)s5)s4)s3)s2)s1. The third-order valence-electron chi connectivity index (χ3n) is 9.42. The number of esters is 2. The van der Waals surface area contributed by atoms with Gasteiger partial charge in [0.1, 0.15) is 18.1 Å². The molecule has 0 unspecified atom stereocenters. The Morgan fingerprint density at radius 1 is 0.433 bits per heavy atom. The molecule has 0 radical (unpaired) electrons. The van der Waals surface area contributed by atoms with E-state index < -0.39 is 11.9 Å². The van der Waals surface area contributed by atoms with Crippen molar-refractivity contribution >= 4 is 114 Å². The van der Waals surface area contributed by atoms with Gasteiger partial charge in [0, 0.05) is 90.5 Å². The van der Waals surface area contributed by atoms with Crippen molar-refractivity contribution in [3.8, 4) is 80.1 Å². The van der Waals surface area contributed by atoms with Gasteiger partial charge >= 0.3 is 11.9 Å². The molecule has 9 rings (SSSR count). The lowest BCUT2D eigenvalue weighted by atomic mass is 10.1. The van der Waals surface area contributed by atoms with E-state index >= 15 is 0 Å². The summed E-state index contributed by atoms with van der Waals surface area (Å²) < 4.78 is 10.5. The number of aryl methyl sites for hydroxylation is 4. The van der Waals surface area contributed by atoms with Crippen LogP contribution in [0.2, 0.25) is 0 Å². The third kappa shape index (κ3) is 8.57. The molecule has 0 amide bonds. The van der Waals surface area contributed by atoms with Crippen LogP contribution in [0, 0.1) is 27.7 Å². The highest BCUT2D eigenvalue weighted by molar-refractivity contribution is 7.31. The second-order valence-electron chi connectivity index (χ2n) is 14.1. The lowest BCUT2D eigenvalue weighted by Gasteiger charge is -2.05. The first-order chi connectivity index (χ1) is 29.0. The van der Waals surface area contributed by atoms with Crippen molar-refractivity contribution in [3.63, 3.8) is 0 Å². The van der Waals surface area contributed by atoms with Crippen molar-refractivity contribution in [2.45, 2.75) is 34.6 Å². The molecule has 9 heterocycles. The number of carbonyl (C=O) groups excluding carboxylic acids is 2. The maximum atomic E-state index is 12.9. The molecule has 0 bridgehead atoms. The normalized spacial score (nSPS) is 11.4. The molecule has 0 aliphatic heterocycles. The first kappa shape index (κ1) is 41.3. The Bertz CT molecular complexity index is 2770. The van der Waals surface area contributed by atoms with E-state index in [0.29, 0.717) is 10.5 Å². The van der Waals surface area contributed by atoms with Crippen molar-refractivity contribution in [3.05, 3.63) is 128 Å². The van der Waals surface area contributed by atoms with Crippen molar-refractivity contribution in [1.29, 1.82) is 0 Å². The summed E-state index contributed by atoms with van der Waals surface area (Å²) in [5.74, 6) is -0.932. The Hall–Kier alpha value is -4.02. The Balaban J connectivity index is 1.11. The van der Waals surface area contributed by atoms with Crippen LogP contribution in [0.4, 0.5) is 0 Å². The van der Waals surface area contributed by atoms with E-state index in [-0.39, 0.29) is 13.2 Å². The van der Waals surface area contributed by atoms with Crippen LogP contribution in [0.3, 0.4) is 0 Å². The molecule has 0 atom stereocenters. The topological polar surface area (TPSA) is 52.6 Å². The number of hydrogen-bond donors (Lipinski definition) is 0. The quantitative estimate of drug-likeness (QED) is 0.0656. The smallest absolute Gasteiger partial charge is 0.348 e. The van der Waals surface area contributed by atoms with E-state index in [1.165, 1.54) is 101 Å². The van der Waals surface area contributed by atoms with Gasteiger partial charge in [-0.05, 0) is 126 Å². The molecule has 0 aliphatic carbocycles. The van der Waals surface area contributed by atoms with Crippen molar-refractivity contribution in [1.82, 2.24) is 0 Å². The second kappa shape index (κ2) is 17.4. The van der Waals surface area contributed by atoms with E-state index in [1.807, 2.05) is 85.4 Å². The Morgan fingerprint density at radius 3 is 1.38 bits per heavy atom. The van der Waals surface area contributed by atoms with Gasteiger partial charge in [0.05, 0.1) is 14.6 Å². The summed E-state index contributed by atoms with van der Waals surface area (Å²) in [4.78, 5) is 46.4. The maximum Gasteiger partial charge on any atom is 0.348 e. The summed E-state index contributed by atoms with van der Waals surface area (Å²) in [5.41, 5.74) is 4.15. The minimum Gasteiger partial charge on any atom is -0.459 e. The van der Waals surface area contributed by atoms with Gasteiger partial charge in [-0.25, -0.2) is 9.59 Å². The molecule has 302 valence electrons. The summed E-state index contributed by atoms with van der Waals surface area (Å²) in [7, 11) is 0. The van der Waals surface area contributed by atoms with Gasteiger partial charge in [-0.1, -0.05) is 6.58 Å².